The molecule has 1 saturated carbocycles. The standard InChI is InChI=1S/C18H36N2O2/c1-7-18(8-2,20-16(21)22-17(4,5)6)13-19-15-12-10-9-11-14(15)3/h14-15,19H,7-13H2,1-6H3,(H,20,21). The molecule has 0 radical (unpaired) electrons. The average molecular weight is 312 g/mol. The number of amides is 1. The van der Waals surface area contributed by atoms with Crippen molar-refractivity contribution in [3.05, 3.63) is 0 Å². The Hall–Kier alpha value is -0.770. The van der Waals surface area contributed by atoms with Crippen LogP contribution in [0.2, 0.25) is 0 Å². The Morgan fingerprint density at radius 2 is 1.73 bits per heavy atom. The summed E-state index contributed by atoms with van der Waals surface area (Å²) in [6.45, 7) is 13.1. The minimum absolute atomic E-state index is 0.223. The lowest BCUT2D eigenvalue weighted by molar-refractivity contribution is 0.0441. The van der Waals surface area contributed by atoms with E-state index in [1.165, 1.54) is 25.7 Å². The Labute approximate surface area is 136 Å². The minimum atomic E-state index is -0.456. The third kappa shape index (κ3) is 6.15. The molecular formula is C18H36N2O2. The molecule has 0 spiro atoms. The first-order valence-electron chi connectivity index (χ1n) is 8.96. The molecule has 0 aromatic heterocycles. The van der Waals surface area contributed by atoms with Crippen LogP contribution in [-0.4, -0.2) is 29.8 Å². The number of hydrogen-bond donors (Lipinski definition) is 2. The van der Waals surface area contributed by atoms with Crippen molar-refractivity contribution in [2.24, 2.45) is 5.92 Å². The molecule has 4 heteroatoms. The normalized spacial score (nSPS) is 23.2. The second-order valence-corrected chi connectivity index (χ2v) is 7.86. The lowest BCUT2D eigenvalue weighted by Gasteiger charge is -2.37. The monoisotopic (exact) mass is 312 g/mol. The summed E-state index contributed by atoms with van der Waals surface area (Å²) in [6, 6.07) is 0.576. The fraction of sp³-hybridized carbons (Fsp3) is 0.944. The molecule has 4 nitrogen and oxygen atoms in total. The van der Waals surface area contributed by atoms with E-state index in [4.69, 9.17) is 4.74 Å². The van der Waals surface area contributed by atoms with Gasteiger partial charge < -0.3 is 15.4 Å². The predicted molar refractivity (Wildman–Crippen MR) is 92.1 cm³/mol. The fourth-order valence-electron chi connectivity index (χ4n) is 3.19. The molecule has 1 rings (SSSR count). The van der Waals surface area contributed by atoms with Gasteiger partial charge in [-0.2, -0.15) is 0 Å². The van der Waals surface area contributed by atoms with Crippen LogP contribution in [-0.2, 0) is 4.74 Å². The number of rotatable bonds is 6. The summed E-state index contributed by atoms with van der Waals surface area (Å²) in [5, 5.41) is 6.83. The molecule has 1 aliphatic rings. The van der Waals surface area contributed by atoms with Crippen molar-refractivity contribution in [3.8, 4) is 0 Å². The van der Waals surface area contributed by atoms with Gasteiger partial charge in [0.2, 0.25) is 0 Å². The van der Waals surface area contributed by atoms with Crippen LogP contribution in [0.1, 0.15) is 80.1 Å². The maximum absolute atomic E-state index is 12.1. The Kier molecular flexibility index (Phi) is 7.17. The van der Waals surface area contributed by atoms with Crippen LogP contribution < -0.4 is 10.6 Å². The van der Waals surface area contributed by atoms with E-state index in [9.17, 15) is 4.79 Å². The van der Waals surface area contributed by atoms with E-state index in [1.807, 2.05) is 20.8 Å². The zero-order valence-corrected chi connectivity index (χ0v) is 15.4. The van der Waals surface area contributed by atoms with E-state index in [-0.39, 0.29) is 11.6 Å². The summed E-state index contributed by atoms with van der Waals surface area (Å²) < 4.78 is 5.43. The number of hydrogen-bond acceptors (Lipinski definition) is 3. The average Bonchev–Trinajstić information content (AvgIpc) is 2.43. The van der Waals surface area contributed by atoms with Gasteiger partial charge in [0.25, 0.3) is 0 Å². The van der Waals surface area contributed by atoms with Gasteiger partial charge in [0.05, 0.1) is 5.54 Å². The largest absolute Gasteiger partial charge is 0.444 e. The first-order valence-corrected chi connectivity index (χ1v) is 8.96. The molecule has 0 aliphatic heterocycles. The van der Waals surface area contributed by atoms with Gasteiger partial charge in [0.15, 0.2) is 0 Å². The first-order chi connectivity index (χ1) is 10.2. The molecule has 0 aromatic rings. The molecule has 1 fully saturated rings. The van der Waals surface area contributed by atoms with E-state index in [0.29, 0.717) is 6.04 Å². The highest BCUT2D eigenvalue weighted by Gasteiger charge is 2.32. The van der Waals surface area contributed by atoms with Crippen molar-refractivity contribution in [1.29, 1.82) is 0 Å². The SMILES string of the molecule is CCC(CC)(CNC1CCCCC1C)NC(=O)OC(C)(C)C. The zero-order valence-electron chi connectivity index (χ0n) is 15.4. The highest BCUT2D eigenvalue weighted by molar-refractivity contribution is 5.68. The van der Waals surface area contributed by atoms with Crippen molar-refractivity contribution >= 4 is 6.09 Å². The molecule has 0 aromatic carbocycles. The summed E-state index contributed by atoms with van der Waals surface area (Å²) in [4.78, 5) is 12.1. The molecule has 2 N–H and O–H groups in total. The molecule has 1 amide bonds. The second kappa shape index (κ2) is 8.19. The minimum Gasteiger partial charge on any atom is -0.444 e. The van der Waals surface area contributed by atoms with Crippen LogP contribution in [0, 0.1) is 5.92 Å². The van der Waals surface area contributed by atoms with E-state index in [2.05, 4.69) is 31.4 Å². The third-order valence-corrected chi connectivity index (χ3v) is 4.93. The number of ether oxygens (including phenoxy) is 1. The Morgan fingerprint density at radius 1 is 1.14 bits per heavy atom. The van der Waals surface area contributed by atoms with E-state index in [0.717, 1.165) is 25.3 Å². The number of carbonyl (C=O) groups is 1. The summed E-state index contributed by atoms with van der Waals surface area (Å²) in [6.07, 6.45) is 6.71. The Balaban J connectivity index is 2.60. The van der Waals surface area contributed by atoms with Crippen molar-refractivity contribution in [2.75, 3.05) is 6.54 Å². The molecule has 0 saturated heterocycles. The van der Waals surface area contributed by atoms with Gasteiger partial charge in [-0.1, -0.05) is 33.6 Å². The van der Waals surface area contributed by atoms with Crippen LogP contribution in [0.25, 0.3) is 0 Å². The topological polar surface area (TPSA) is 50.4 Å². The van der Waals surface area contributed by atoms with Gasteiger partial charge in [-0.3, -0.25) is 0 Å². The van der Waals surface area contributed by atoms with Crippen LogP contribution in [0.3, 0.4) is 0 Å². The Morgan fingerprint density at radius 3 is 2.23 bits per heavy atom. The number of carbonyl (C=O) groups excluding carboxylic acids is 1. The summed E-state index contributed by atoms with van der Waals surface area (Å²) in [5.41, 5.74) is -0.678. The first kappa shape index (κ1) is 19.3. The van der Waals surface area contributed by atoms with Crippen LogP contribution in [0.5, 0.6) is 0 Å². The molecule has 2 atom stereocenters. The number of alkyl carbamates (subject to hydrolysis) is 1. The van der Waals surface area contributed by atoms with Crippen LogP contribution >= 0.6 is 0 Å². The lowest BCUT2D eigenvalue weighted by Crippen LogP contribution is -2.57. The summed E-state index contributed by atoms with van der Waals surface area (Å²) in [7, 11) is 0. The quantitative estimate of drug-likeness (QED) is 0.771. The molecule has 0 bridgehead atoms. The maximum atomic E-state index is 12.1. The fourth-order valence-corrected chi connectivity index (χ4v) is 3.19. The van der Waals surface area contributed by atoms with Crippen molar-refractivity contribution in [2.45, 2.75) is 97.2 Å². The van der Waals surface area contributed by atoms with E-state index >= 15 is 0 Å². The lowest BCUT2D eigenvalue weighted by atomic mass is 9.84. The van der Waals surface area contributed by atoms with Gasteiger partial charge in [-0.15, -0.1) is 0 Å². The molecule has 22 heavy (non-hydrogen) atoms. The second-order valence-electron chi connectivity index (χ2n) is 7.86. The highest BCUT2D eigenvalue weighted by atomic mass is 16.6. The van der Waals surface area contributed by atoms with Crippen molar-refractivity contribution in [1.82, 2.24) is 10.6 Å². The molecule has 2 unspecified atom stereocenters. The molecular weight excluding hydrogens is 276 g/mol. The van der Waals surface area contributed by atoms with Crippen LogP contribution in [0.4, 0.5) is 4.79 Å². The summed E-state index contributed by atoms with van der Waals surface area (Å²) >= 11 is 0. The van der Waals surface area contributed by atoms with Gasteiger partial charge in [0.1, 0.15) is 5.60 Å². The third-order valence-electron chi connectivity index (χ3n) is 4.93. The van der Waals surface area contributed by atoms with Gasteiger partial charge in [-0.25, -0.2) is 4.79 Å². The van der Waals surface area contributed by atoms with Crippen LogP contribution in [0.15, 0.2) is 0 Å². The molecule has 0 heterocycles. The van der Waals surface area contributed by atoms with Gasteiger partial charge in [0, 0.05) is 12.6 Å². The number of nitrogens with one attached hydrogen (secondary N) is 2. The molecule has 130 valence electrons. The maximum Gasteiger partial charge on any atom is 0.408 e. The van der Waals surface area contributed by atoms with E-state index < -0.39 is 5.60 Å². The van der Waals surface area contributed by atoms with Crippen molar-refractivity contribution < 1.29 is 9.53 Å². The van der Waals surface area contributed by atoms with E-state index in [1.54, 1.807) is 0 Å². The zero-order chi connectivity index (χ0) is 16.8. The van der Waals surface area contributed by atoms with Gasteiger partial charge in [-0.05, 0) is 52.4 Å². The summed E-state index contributed by atoms with van der Waals surface area (Å²) in [5.74, 6) is 0.724. The van der Waals surface area contributed by atoms with Gasteiger partial charge >= 0.3 is 6.09 Å². The van der Waals surface area contributed by atoms with Crippen molar-refractivity contribution in [3.63, 3.8) is 0 Å². The smallest absolute Gasteiger partial charge is 0.408 e. The predicted octanol–water partition coefficient (Wildman–Crippen LogP) is 4.24. The Bertz CT molecular complexity index is 345. The highest BCUT2D eigenvalue weighted by Crippen LogP contribution is 2.25. The molecule has 1 aliphatic carbocycles.